The second-order valence-electron chi connectivity index (χ2n) is 5.32. The maximum absolute atomic E-state index is 4.73. The molecule has 0 aliphatic rings. The van der Waals surface area contributed by atoms with Gasteiger partial charge in [-0.3, -0.25) is 0 Å². The van der Waals surface area contributed by atoms with Gasteiger partial charge in [-0.2, -0.15) is 5.10 Å². The van der Waals surface area contributed by atoms with Crippen molar-refractivity contribution in [1.29, 1.82) is 0 Å². The summed E-state index contributed by atoms with van der Waals surface area (Å²) in [4.78, 5) is 0. The molecule has 20 heavy (non-hydrogen) atoms. The van der Waals surface area contributed by atoms with Crippen LogP contribution in [0.1, 0.15) is 41.9 Å². The highest BCUT2D eigenvalue weighted by atomic mass is 15.3. The zero-order chi connectivity index (χ0) is 14.7. The summed E-state index contributed by atoms with van der Waals surface area (Å²) in [5.74, 6) is 0. The number of aryl methyl sites for hydroxylation is 2. The molecule has 1 aromatic heterocycles. The molecule has 0 fully saturated rings. The first-order valence-corrected chi connectivity index (χ1v) is 7.44. The summed E-state index contributed by atoms with van der Waals surface area (Å²) in [5.41, 5.74) is 7.52. The van der Waals surface area contributed by atoms with Gasteiger partial charge in [0.1, 0.15) is 0 Å². The van der Waals surface area contributed by atoms with Gasteiger partial charge < -0.3 is 5.32 Å². The molecule has 0 unspecified atom stereocenters. The second kappa shape index (κ2) is 6.23. The largest absolute Gasteiger partial charge is 0.313 e. The van der Waals surface area contributed by atoms with Crippen LogP contribution in [-0.4, -0.2) is 16.3 Å². The van der Waals surface area contributed by atoms with E-state index in [4.69, 9.17) is 5.10 Å². The molecule has 0 atom stereocenters. The topological polar surface area (TPSA) is 29.9 Å². The monoisotopic (exact) mass is 271 g/mol. The maximum atomic E-state index is 4.73. The van der Waals surface area contributed by atoms with Crippen molar-refractivity contribution < 1.29 is 0 Å². The van der Waals surface area contributed by atoms with E-state index in [-0.39, 0.29) is 0 Å². The second-order valence-corrected chi connectivity index (χ2v) is 5.32. The van der Waals surface area contributed by atoms with Gasteiger partial charge in [-0.05, 0) is 56.5 Å². The van der Waals surface area contributed by atoms with Crippen molar-refractivity contribution in [2.24, 2.45) is 0 Å². The normalized spacial score (nSPS) is 11.1. The van der Waals surface area contributed by atoms with Crippen molar-refractivity contribution in [1.82, 2.24) is 15.1 Å². The number of hydrogen-bond acceptors (Lipinski definition) is 2. The third kappa shape index (κ3) is 2.78. The fourth-order valence-corrected chi connectivity index (χ4v) is 2.68. The average molecular weight is 271 g/mol. The van der Waals surface area contributed by atoms with Gasteiger partial charge in [0.2, 0.25) is 0 Å². The van der Waals surface area contributed by atoms with Crippen LogP contribution in [-0.2, 0) is 13.0 Å². The van der Waals surface area contributed by atoms with Crippen molar-refractivity contribution in [3.63, 3.8) is 0 Å². The van der Waals surface area contributed by atoms with Crippen LogP contribution in [0.2, 0.25) is 0 Å². The van der Waals surface area contributed by atoms with Crippen molar-refractivity contribution in [3.8, 4) is 5.69 Å². The molecular formula is C17H25N3. The molecule has 0 amide bonds. The molecule has 0 aliphatic heterocycles. The minimum Gasteiger partial charge on any atom is -0.313 e. The third-order valence-corrected chi connectivity index (χ3v) is 3.88. The number of nitrogens with one attached hydrogen (secondary N) is 1. The summed E-state index contributed by atoms with van der Waals surface area (Å²) in [6, 6.07) is 6.62. The van der Waals surface area contributed by atoms with Crippen LogP contribution >= 0.6 is 0 Å². The number of aromatic nitrogens is 2. The van der Waals surface area contributed by atoms with E-state index in [2.05, 4.69) is 62.8 Å². The van der Waals surface area contributed by atoms with E-state index in [0.717, 1.165) is 25.2 Å². The molecule has 1 heterocycles. The Morgan fingerprint density at radius 3 is 2.50 bits per heavy atom. The highest BCUT2D eigenvalue weighted by molar-refractivity contribution is 5.45. The predicted molar refractivity (Wildman–Crippen MR) is 84.5 cm³/mol. The molecule has 0 saturated carbocycles. The molecule has 0 aliphatic carbocycles. The van der Waals surface area contributed by atoms with Crippen LogP contribution in [0, 0.1) is 20.8 Å². The van der Waals surface area contributed by atoms with E-state index >= 15 is 0 Å². The highest BCUT2D eigenvalue weighted by Crippen LogP contribution is 2.22. The van der Waals surface area contributed by atoms with Gasteiger partial charge >= 0.3 is 0 Å². The lowest BCUT2D eigenvalue weighted by molar-refractivity contribution is 0.724. The van der Waals surface area contributed by atoms with Crippen LogP contribution in [0.3, 0.4) is 0 Å². The SMILES string of the molecule is CCNCc1ccc(C)c(-n2nc(C)c(CC)c2C)c1. The number of hydrogen-bond donors (Lipinski definition) is 1. The first-order valence-electron chi connectivity index (χ1n) is 7.44. The fraction of sp³-hybridized carbons (Fsp3) is 0.471. The van der Waals surface area contributed by atoms with Gasteiger partial charge in [0.15, 0.2) is 0 Å². The molecule has 2 aromatic rings. The summed E-state index contributed by atoms with van der Waals surface area (Å²) in [5, 5.41) is 8.11. The Hall–Kier alpha value is -1.61. The number of nitrogens with zero attached hydrogens (tertiary/aromatic N) is 2. The van der Waals surface area contributed by atoms with Crippen molar-refractivity contribution in [2.75, 3.05) is 6.54 Å². The number of rotatable bonds is 5. The third-order valence-electron chi connectivity index (χ3n) is 3.88. The standard InChI is InChI=1S/C17H25N3/c1-6-16-13(4)19-20(14(16)5)17-10-15(11-18-7-2)9-8-12(17)3/h8-10,18H,6-7,11H2,1-5H3. The Morgan fingerprint density at radius 1 is 1.15 bits per heavy atom. The smallest absolute Gasteiger partial charge is 0.0681 e. The molecule has 1 N–H and O–H groups in total. The van der Waals surface area contributed by atoms with E-state index in [0.29, 0.717) is 0 Å². The molecule has 3 heteroatoms. The Balaban J connectivity index is 2.46. The van der Waals surface area contributed by atoms with Crippen molar-refractivity contribution in [3.05, 3.63) is 46.3 Å². The molecule has 0 radical (unpaired) electrons. The Labute approximate surface area is 122 Å². The average Bonchev–Trinajstić information content (AvgIpc) is 2.72. The van der Waals surface area contributed by atoms with Gasteiger partial charge in [0, 0.05) is 12.2 Å². The molecular weight excluding hydrogens is 246 g/mol. The van der Waals surface area contributed by atoms with Crippen molar-refractivity contribution >= 4 is 0 Å². The molecule has 3 nitrogen and oxygen atoms in total. The molecule has 108 valence electrons. The van der Waals surface area contributed by atoms with E-state index < -0.39 is 0 Å². The molecule has 0 spiro atoms. The van der Waals surface area contributed by atoms with E-state index in [1.54, 1.807) is 0 Å². The summed E-state index contributed by atoms with van der Waals surface area (Å²) in [7, 11) is 0. The zero-order valence-electron chi connectivity index (χ0n) is 13.2. The van der Waals surface area contributed by atoms with Crippen molar-refractivity contribution in [2.45, 2.75) is 47.6 Å². The lowest BCUT2D eigenvalue weighted by Gasteiger charge is -2.11. The summed E-state index contributed by atoms with van der Waals surface area (Å²) in [6.07, 6.45) is 1.04. The summed E-state index contributed by atoms with van der Waals surface area (Å²) in [6.45, 7) is 12.6. The van der Waals surface area contributed by atoms with Crippen LogP contribution in [0.5, 0.6) is 0 Å². The molecule has 0 bridgehead atoms. The Morgan fingerprint density at radius 2 is 1.90 bits per heavy atom. The quantitative estimate of drug-likeness (QED) is 0.902. The van der Waals surface area contributed by atoms with Crippen LogP contribution in [0.25, 0.3) is 5.69 Å². The molecule has 2 rings (SSSR count). The first kappa shape index (κ1) is 14.8. The van der Waals surface area contributed by atoms with E-state index in [1.807, 2.05) is 0 Å². The molecule has 0 saturated heterocycles. The van der Waals surface area contributed by atoms with Crippen LogP contribution in [0.4, 0.5) is 0 Å². The highest BCUT2D eigenvalue weighted by Gasteiger charge is 2.13. The minimum atomic E-state index is 0.906. The fourth-order valence-electron chi connectivity index (χ4n) is 2.68. The first-order chi connectivity index (χ1) is 9.58. The Kier molecular flexibility index (Phi) is 4.61. The van der Waals surface area contributed by atoms with Gasteiger partial charge in [0.25, 0.3) is 0 Å². The Bertz CT molecular complexity index is 597. The van der Waals surface area contributed by atoms with Gasteiger partial charge in [-0.15, -0.1) is 0 Å². The number of benzene rings is 1. The van der Waals surface area contributed by atoms with E-state index in [9.17, 15) is 0 Å². The van der Waals surface area contributed by atoms with Crippen LogP contribution in [0.15, 0.2) is 18.2 Å². The predicted octanol–water partition coefficient (Wildman–Crippen LogP) is 3.47. The lowest BCUT2D eigenvalue weighted by Crippen LogP contribution is -2.12. The maximum Gasteiger partial charge on any atom is 0.0681 e. The summed E-state index contributed by atoms with van der Waals surface area (Å²) < 4.78 is 2.10. The van der Waals surface area contributed by atoms with Gasteiger partial charge in [-0.1, -0.05) is 26.0 Å². The van der Waals surface area contributed by atoms with Crippen LogP contribution < -0.4 is 5.32 Å². The summed E-state index contributed by atoms with van der Waals surface area (Å²) >= 11 is 0. The van der Waals surface area contributed by atoms with Gasteiger partial charge in [0.05, 0.1) is 11.4 Å². The zero-order valence-corrected chi connectivity index (χ0v) is 13.2. The van der Waals surface area contributed by atoms with E-state index in [1.165, 1.54) is 28.1 Å². The van der Waals surface area contributed by atoms with Gasteiger partial charge in [-0.25, -0.2) is 4.68 Å². The minimum absolute atomic E-state index is 0.906. The molecule has 1 aromatic carbocycles. The lowest BCUT2D eigenvalue weighted by atomic mass is 10.1.